The van der Waals surface area contributed by atoms with Crippen LogP contribution in [0.2, 0.25) is 0 Å². The average molecular weight is 172 g/mol. The summed E-state index contributed by atoms with van der Waals surface area (Å²) < 4.78 is 0. The Morgan fingerprint density at radius 1 is 1.08 bits per heavy atom. The second-order valence-electron chi connectivity index (χ2n) is 3.86. The highest BCUT2D eigenvalue weighted by Gasteiger charge is 1.96. The molecule has 1 unspecified atom stereocenters. The van der Waals surface area contributed by atoms with Crippen molar-refractivity contribution in [1.82, 2.24) is 10.6 Å². The van der Waals surface area contributed by atoms with Crippen LogP contribution in [0.3, 0.4) is 0 Å². The van der Waals surface area contributed by atoms with Gasteiger partial charge in [-0.3, -0.25) is 0 Å². The largest absolute Gasteiger partial charge is 0.315 e. The molecule has 0 saturated carbocycles. The maximum absolute atomic E-state index is 3.44. The van der Waals surface area contributed by atoms with Crippen molar-refractivity contribution in [3.63, 3.8) is 0 Å². The molecule has 0 radical (unpaired) electrons. The summed E-state index contributed by atoms with van der Waals surface area (Å²) in [6, 6.07) is 0.658. The van der Waals surface area contributed by atoms with Crippen molar-refractivity contribution in [2.24, 2.45) is 5.92 Å². The van der Waals surface area contributed by atoms with Gasteiger partial charge in [-0.15, -0.1) is 0 Å². The van der Waals surface area contributed by atoms with Crippen molar-refractivity contribution in [2.45, 2.75) is 40.2 Å². The predicted octanol–water partition coefficient (Wildman–Crippen LogP) is 1.62. The zero-order chi connectivity index (χ0) is 9.40. The van der Waals surface area contributed by atoms with Gasteiger partial charge in [0.25, 0.3) is 0 Å². The molecule has 0 spiro atoms. The number of rotatable bonds is 7. The van der Waals surface area contributed by atoms with Crippen LogP contribution in [0, 0.1) is 5.92 Å². The third-order valence-electron chi connectivity index (χ3n) is 1.96. The van der Waals surface area contributed by atoms with Gasteiger partial charge >= 0.3 is 0 Å². The highest BCUT2D eigenvalue weighted by molar-refractivity contribution is 4.59. The lowest BCUT2D eigenvalue weighted by Gasteiger charge is -2.12. The quantitative estimate of drug-likeness (QED) is 0.570. The summed E-state index contributed by atoms with van der Waals surface area (Å²) in [4.78, 5) is 0. The molecule has 2 nitrogen and oxygen atoms in total. The SMILES string of the molecule is CCC(C)NCCNCC(C)C. The first kappa shape index (κ1) is 11.9. The summed E-state index contributed by atoms with van der Waals surface area (Å²) in [5.41, 5.74) is 0. The average Bonchev–Trinajstić information content (AvgIpc) is 2.03. The molecule has 0 aliphatic carbocycles. The predicted molar refractivity (Wildman–Crippen MR) is 55.5 cm³/mol. The van der Waals surface area contributed by atoms with E-state index < -0.39 is 0 Å². The van der Waals surface area contributed by atoms with E-state index in [1.165, 1.54) is 6.42 Å². The van der Waals surface area contributed by atoms with Gasteiger partial charge in [0.2, 0.25) is 0 Å². The molecular formula is C10H24N2. The van der Waals surface area contributed by atoms with Crippen LogP contribution in [-0.4, -0.2) is 25.7 Å². The van der Waals surface area contributed by atoms with E-state index in [4.69, 9.17) is 0 Å². The first-order chi connectivity index (χ1) is 5.66. The van der Waals surface area contributed by atoms with E-state index in [1.807, 2.05) is 0 Å². The van der Waals surface area contributed by atoms with E-state index in [-0.39, 0.29) is 0 Å². The molecular weight excluding hydrogens is 148 g/mol. The maximum atomic E-state index is 3.44. The zero-order valence-corrected chi connectivity index (χ0v) is 8.98. The van der Waals surface area contributed by atoms with Crippen LogP contribution < -0.4 is 10.6 Å². The summed E-state index contributed by atoms with van der Waals surface area (Å²) in [5.74, 6) is 0.758. The summed E-state index contributed by atoms with van der Waals surface area (Å²) in [6.07, 6.45) is 1.21. The number of hydrogen-bond donors (Lipinski definition) is 2. The monoisotopic (exact) mass is 172 g/mol. The minimum atomic E-state index is 0.658. The Morgan fingerprint density at radius 2 is 1.75 bits per heavy atom. The molecule has 0 saturated heterocycles. The highest BCUT2D eigenvalue weighted by Crippen LogP contribution is 1.87. The standard InChI is InChI=1S/C10H24N2/c1-5-10(4)12-7-6-11-8-9(2)3/h9-12H,5-8H2,1-4H3. The van der Waals surface area contributed by atoms with Gasteiger partial charge in [-0.05, 0) is 25.8 Å². The topological polar surface area (TPSA) is 24.1 Å². The van der Waals surface area contributed by atoms with E-state index in [9.17, 15) is 0 Å². The smallest absolute Gasteiger partial charge is 0.00792 e. The Kier molecular flexibility index (Phi) is 7.51. The molecule has 0 aromatic rings. The van der Waals surface area contributed by atoms with Crippen LogP contribution in [0.25, 0.3) is 0 Å². The van der Waals surface area contributed by atoms with Crippen molar-refractivity contribution >= 4 is 0 Å². The van der Waals surface area contributed by atoms with E-state index in [1.54, 1.807) is 0 Å². The normalized spacial score (nSPS) is 13.8. The lowest BCUT2D eigenvalue weighted by Crippen LogP contribution is -2.34. The molecule has 2 N–H and O–H groups in total. The Hall–Kier alpha value is -0.0800. The minimum absolute atomic E-state index is 0.658. The van der Waals surface area contributed by atoms with Crippen LogP contribution in [-0.2, 0) is 0 Å². The van der Waals surface area contributed by atoms with Crippen LogP contribution >= 0.6 is 0 Å². The molecule has 0 aromatic heterocycles. The van der Waals surface area contributed by atoms with Crippen molar-refractivity contribution in [3.05, 3.63) is 0 Å². The van der Waals surface area contributed by atoms with Gasteiger partial charge in [0.05, 0.1) is 0 Å². The summed E-state index contributed by atoms with van der Waals surface area (Å²) in [5, 5.41) is 6.85. The van der Waals surface area contributed by atoms with Crippen LogP contribution in [0.4, 0.5) is 0 Å². The second kappa shape index (κ2) is 7.56. The van der Waals surface area contributed by atoms with Crippen molar-refractivity contribution in [2.75, 3.05) is 19.6 Å². The molecule has 0 aliphatic heterocycles. The summed E-state index contributed by atoms with van der Waals surface area (Å²) in [6.45, 7) is 12.2. The second-order valence-corrected chi connectivity index (χ2v) is 3.86. The van der Waals surface area contributed by atoms with Gasteiger partial charge in [-0.1, -0.05) is 20.8 Å². The maximum Gasteiger partial charge on any atom is 0.00792 e. The van der Waals surface area contributed by atoms with Crippen LogP contribution in [0.15, 0.2) is 0 Å². The third-order valence-corrected chi connectivity index (χ3v) is 1.96. The molecule has 0 amide bonds. The summed E-state index contributed by atoms with van der Waals surface area (Å²) >= 11 is 0. The van der Waals surface area contributed by atoms with Crippen molar-refractivity contribution < 1.29 is 0 Å². The fraction of sp³-hybridized carbons (Fsp3) is 1.00. The van der Waals surface area contributed by atoms with Gasteiger partial charge in [-0.2, -0.15) is 0 Å². The molecule has 0 aliphatic rings. The molecule has 0 aromatic carbocycles. The van der Waals surface area contributed by atoms with Crippen molar-refractivity contribution in [3.8, 4) is 0 Å². The summed E-state index contributed by atoms with van der Waals surface area (Å²) in [7, 11) is 0. The van der Waals surface area contributed by atoms with Crippen LogP contribution in [0.1, 0.15) is 34.1 Å². The Labute approximate surface area is 77.1 Å². The molecule has 12 heavy (non-hydrogen) atoms. The van der Waals surface area contributed by atoms with Crippen LogP contribution in [0.5, 0.6) is 0 Å². The Balaban J connectivity index is 3.00. The number of nitrogens with one attached hydrogen (secondary N) is 2. The fourth-order valence-electron chi connectivity index (χ4n) is 0.942. The minimum Gasteiger partial charge on any atom is -0.315 e. The fourth-order valence-corrected chi connectivity index (χ4v) is 0.942. The van der Waals surface area contributed by atoms with E-state index in [0.29, 0.717) is 6.04 Å². The van der Waals surface area contributed by atoms with Gasteiger partial charge in [0.15, 0.2) is 0 Å². The van der Waals surface area contributed by atoms with Gasteiger partial charge in [0, 0.05) is 19.1 Å². The lowest BCUT2D eigenvalue weighted by atomic mass is 10.2. The molecule has 0 rings (SSSR count). The van der Waals surface area contributed by atoms with Gasteiger partial charge < -0.3 is 10.6 Å². The molecule has 0 bridgehead atoms. The molecule has 0 heterocycles. The Morgan fingerprint density at radius 3 is 2.25 bits per heavy atom. The molecule has 0 fully saturated rings. The van der Waals surface area contributed by atoms with E-state index in [2.05, 4.69) is 38.3 Å². The molecule has 2 heteroatoms. The number of hydrogen-bond acceptors (Lipinski definition) is 2. The zero-order valence-electron chi connectivity index (χ0n) is 8.98. The van der Waals surface area contributed by atoms with E-state index >= 15 is 0 Å². The first-order valence-electron chi connectivity index (χ1n) is 5.10. The van der Waals surface area contributed by atoms with Gasteiger partial charge in [0.1, 0.15) is 0 Å². The molecule has 74 valence electrons. The lowest BCUT2D eigenvalue weighted by molar-refractivity contribution is 0.495. The highest BCUT2D eigenvalue weighted by atomic mass is 15.0. The van der Waals surface area contributed by atoms with Crippen molar-refractivity contribution in [1.29, 1.82) is 0 Å². The first-order valence-corrected chi connectivity index (χ1v) is 5.10. The Bertz CT molecular complexity index is 91.8. The van der Waals surface area contributed by atoms with Gasteiger partial charge in [-0.25, -0.2) is 0 Å². The van der Waals surface area contributed by atoms with E-state index in [0.717, 1.165) is 25.6 Å². The molecule has 1 atom stereocenters. The third kappa shape index (κ3) is 8.02.